The van der Waals surface area contributed by atoms with Gasteiger partial charge in [0.1, 0.15) is 0 Å². The Morgan fingerprint density at radius 1 is 1.12 bits per heavy atom. The molecule has 3 rings (SSSR count). The van der Waals surface area contributed by atoms with Gasteiger partial charge >= 0.3 is 0 Å². The van der Waals surface area contributed by atoms with Gasteiger partial charge in [-0.3, -0.25) is 9.89 Å². The number of hydrogen-bond donors (Lipinski definition) is 2. The number of aliphatic imine (C=N–C) groups is 1. The number of guanidine groups is 1. The predicted octanol–water partition coefficient (Wildman–Crippen LogP) is 1.53. The molecule has 1 atom stereocenters. The van der Waals surface area contributed by atoms with E-state index < -0.39 is 0 Å². The van der Waals surface area contributed by atoms with Gasteiger partial charge in [0, 0.05) is 38.3 Å². The first-order valence-electron chi connectivity index (χ1n) is 10.8. The second-order valence-corrected chi connectivity index (χ2v) is 8.38. The van der Waals surface area contributed by atoms with Crippen LogP contribution in [0.3, 0.4) is 0 Å². The number of rotatable bonds is 6. The average Bonchev–Trinajstić information content (AvgIpc) is 3.11. The van der Waals surface area contributed by atoms with E-state index in [1.165, 1.54) is 51.6 Å². The van der Waals surface area contributed by atoms with Crippen molar-refractivity contribution in [2.45, 2.75) is 51.0 Å². The number of hydrogen-bond acceptors (Lipinski definition) is 4. The molecule has 0 aromatic rings. The second kappa shape index (κ2) is 9.90. The summed E-state index contributed by atoms with van der Waals surface area (Å²) in [5.74, 6) is 1.74. The molecule has 26 heavy (non-hydrogen) atoms. The van der Waals surface area contributed by atoms with Gasteiger partial charge < -0.3 is 20.3 Å². The lowest BCUT2D eigenvalue weighted by molar-refractivity contribution is -0.0333. The molecule has 0 spiro atoms. The van der Waals surface area contributed by atoms with Gasteiger partial charge in [-0.25, -0.2) is 0 Å². The monoisotopic (exact) mass is 365 g/mol. The van der Waals surface area contributed by atoms with Gasteiger partial charge in [0.25, 0.3) is 0 Å². The van der Waals surface area contributed by atoms with Crippen molar-refractivity contribution in [2.24, 2.45) is 10.9 Å². The van der Waals surface area contributed by atoms with E-state index in [1.54, 1.807) is 0 Å². The number of nitrogens with one attached hydrogen (secondary N) is 2. The smallest absolute Gasteiger partial charge is 0.191 e. The summed E-state index contributed by atoms with van der Waals surface area (Å²) in [6.45, 7) is 11.3. The molecule has 0 radical (unpaired) electrons. The summed E-state index contributed by atoms with van der Waals surface area (Å²) in [7, 11) is 2.22. The van der Waals surface area contributed by atoms with Crippen LogP contribution in [0.2, 0.25) is 0 Å². The molecule has 1 saturated carbocycles. The average molecular weight is 366 g/mol. The molecule has 3 fully saturated rings. The van der Waals surface area contributed by atoms with Crippen molar-refractivity contribution >= 4 is 5.96 Å². The Hall–Kier alpha value is -0.850. The van der Waals surface area contributed by atoms with Crippen LogP contribution in [0.25, 0.3) is 0 Å². The molecule has 0 aromatic carbocycles. The maximum Gasteiger partial charge on any atom is 0.191 e. The Morgan fingerprint density at radius 3 is 2.54 bits per heavy atom. The van der Waals surface area contributed by atoms with Crippen LogP contribution in [0.1, 0.15) is 45.4 Å². The highest BCUT2D eigenvalue weighted by Crippen LogP contribution is 2.34. The molecule has 2 N–H and O–H groups in total. The lowest BCUT2D eigenvalue weighted by Crippen LogP contribution is -2.56. The van der Waals surface area contributed by atoms with Crippen molar-refractivity contribution in [3.8, 4) is 0 Å². The van der Waals surface area contributed by atoms with Crippen molar-refractivity contribution in [3.63, 3.8) is 0 Å². The van der Waals surface area contributed by atoms with Gasteiger partial charge in [-0.05, 0) is 45.7 Å². The minimum atomic E-state index is 0.248. The van der Waals surface area contributed by atoms with E-state index >= 15 is 0 Å². The molecule has 2 saturated heterocycles. The number of ether oxygens (including phenoxy) is 1. The summed E-state index contributed by atoms with van der Waals surface area (Å²) in [6.07, 6.45) is 7.91. The number of morpholine rings is 1. The molecule has 6 heteroatoms. The fraction of sp³-hybridized carbons (Fsp3) is 0.950. The standard InChI is InChI=1S/C20H39N5O/c1-3-21-19(22-15-18-7-10-24(2)16-18)23-17-20(8-5-4-6-9-20)25-11-13-26-14-12-25/h18H,3-17H2,1-2H3,(H2,21,22,23). The molecule has 2 heterocycles. The highest BCUT2D eigenvalue weighted by atomic mass is 16.5. The van der Waals surface area contributed by atoms with Crippen molar-refractivity contribution in [2.75, 3.05) is 66.1 Å². The van der Waals surface area contributed by atoms with Crippen LogP contribution in [0.5, 0.6) is 0 Å². The Morgan fingerprint density at radius 2 is 1.88 bits per heavy atom. The molecule has 2 aliphatic heterocycles. The molecular formula is C20H39N5O. The Bertz CT molecular complexity index is 443. The Balaban J connectivity index is 1.60. The van der Waals surface area contributed by atoms with E-state index in [4.69, 9.17) is 9.73 Å². The zero-order valence-electron chi connectivity index (χ0n) is 16.9. The van der Waals surface area contributed by atoms with Crippen molar-refractivity contribution in [3.05, 3.63) is 0 Å². The quantitative estimate of drug-likeness (QED) is 0.552. The fourth-order valence-electron chi connectivity index (χ4n) is 4.82. The van der Waals surface area contributed by atoms with Gasteiger partial charge in [0.15, 0.2) is 5.96 Å². The molecule has 1 aliphatic carbocycles. The topological polar surface area (TPSA) is 52.1 Å². The first-order chi connectivity index (χ1) is 12.7. The SMILES string of the molecule is CCNC(=NCC1(N2CCOCC2)CCCCC1)NCC1CCN(C)C1. The van der Waals surface area contributed by atoms with Crippen LogP contribution in [0.15, 0.2) is 4.99 Å². The van der Waals surface area contributed by atoms with Gasteiger partial charge in [0.2, 0.25) is 0 Å². The normalized spacial score (nSPS) is 28.2. The van der Waals surface area contributed by atoms with Gasteiger partial charge in [0.05, 0.1) is 19.8 Å². The number of likely N-dealkylation sites (tertiary alicyclic amines) is 1. The van der Waals surface area contributed by atoms with Crippen LogP contribution in [0, 0.1) is 5.92 Å². The zero-order valence-corrected chi connectivity index (χ0v) is 16.9. The minimum absolute atomic E-state index is 0.248. The minimum Gasteiger partial charge on any atom is -0.379 e. The molecule has 1 unspecified atom stereocenters. The molecule has 150 valence electrons. The lowest BCUT2D eigenvalue weighted by Gasteiger charge is -2.47. The summed E-state index contributed by atoms with van der Waals surface area (Å²) < 4.78 is 5.60. The van der Waals surface area contributed by atoms with Crippen LogP contribution < -0.4 is 10.6 Å². The van der Waals surface area contributed by atoms with Crippen molar-refractivity contribution in [1.82, 2.24) is 20.4 Å². The fourth-order valence-corrected chi connectivity index (χ4v) is 4.82. The molecule has 6 nitrogen and oxygen atoms in total. The van der Waals surface area contributed by atoms with E-state index in [2.05, 4.69) is 34.4 Å². The third kappa shape index (κ3) is 5.33. The zero-order chi connectivity index (χ0) is 18.2. The Kier molecular flexibility index (Phi) is 7.58. The third-order valence-corrected chi connectivity index (χ3v) is 6.39. The van der Waals surface area contributed by atoms with Crippen molar-refractivity contribution < 1.29 is 4.74 Å². The first-order valence-corrected chi connectivity index (χ1v) is 10.8. The molecule has 0 aromatic heterocycles. The predicted molar refractivity (Wildman–Crippen MR) is 108 cm³/mol. The maximum atomic E-state index is 5.60. The molecule has 0 amide bonds. The second-order valence-electron chi connectivity index (χ2n) is 8.38. The highest BCUT2D eigenvalue weighted by molar-refractivity contribution is 5.79. The first kappa shape index (κ1) is 19.9. The van der Waals surface area contributed by atoms with E-state index in [-0.39, 0.29) is 5.54 Å². The van der Waals surface area contributed by atoms with Gasteiger partial charge in [-0.2, -0.15) is 0 Å². The lowest BCUT2D eigenvalue weighted by atomic mass is 9.80. The van der Waals surface area contributed by atoms with E-state index in [0.29, 0.717) is 0 Å². The number of nitrogens with zero attached hydrogens (tertiary/aromatic N) is 3. The maximum absolute atomic E-state index is 5.60. The molecule has 0 bridgehead atoms. The van der Waals surface area contributed by atoms with Crippen LogP contribution in [-0.2, 0) is 4.74 Å². The van der Waals surface area contributed by atoms with Gasteiger partial charge in [-0.1, -0.05) is 19.3 Å². The summed E-state index contributed by atoms with van der Waals surface area (Å²) in [4.78, 5) is 10.2. The van der Waals surface area contributed by atoms with Crippen LogP contribution in [0.4, 0.5) is 0 Å². The van der Waals surface area contributed by atoms with Crippen molar-refractivity contribution in [1.29, 1.82) is 0 Å². The Labute approximate surface area is 159 Å². The summed E-state index contributed by atoms with van der Waals surface area (Å²) in [5, 5.41) is 7.07. The largest absolute Gasteiger partial charge is 0.379 e. The summed E-state index contributed by atoms with van der Waals surface area (Å²) in [5.41, 5.74) is 0.248. The third-order valence-electron chi connectivity index (χ3n) is 6.39. The van der Waals surface area contributed by atoms with Crippen LogP contribution >= 0.6 is 0 Å². The van der Waals surface area contributed by atoms with Gasteiger partial charge in [-0.15, -0.1) is 0 Å². The molecular weight excluding hydrogens is 326 g/mol. The van der Waals surface area contributed by atoms with Crippen LogP contribution in [-0.4, -0.2) is 87.4 Å². The highest BCUT2D eigenvalue weighted by Gasteiger charge is 2.38. The molecule has 3 aliphatic rings. The summed E-state index contributed by atoms with van der Waals surface area (Å²) >= 11 is 0. The van der Waals surface area contributed by atoms with E-state index in [1.807, 2.05) is 0 Å². The van der Waals surface area contributed by atoms with E-state index in [0.717, 1.165) is 57.8 Å². The summed E-state index contributed by atoms with van der Waals surface area (Å²) in [6, 6.07) is 0. The van der Waals surface area contributed by atoms with E-state index in [9.17, 15) is 0 Å².